The zero-order valence-electron chi connectivity index (χ0n) is 22.9. The molecule has 0 saturated carbocycles. The van der Waals surface area contributed by atoms with Crippen LogP contribution in [0.25, 0.3) is 0 Å². The molecule has 0 aromatic carbocycles. The van der Waals surface area contributed by atoms with Crippen molar-refractivity contribution in [1.82, 2.24) is 14.6 Å². The minimum Gasteiger partial charge on any atom is -0.462 e. The van der Waals surface area contributed by atoms with Crippen LogP contribution in [-0.2, 0) is 32.7 Å². The van der Waals surface area contributed by atoms with Gasteiger partial charge in [0.15, 0.2) is 11.3 Å². The molecule has 2 rings (SSSR count). The summed E-state index contributed by atoms with van der Waals surface area (Å²) in [5.41, 5.74) is 3.98. The molecule has 1 aliphatic rings. The number of halogens is 1. The van der Waals surface area contributed by atoms with Gasteiger partial charge in [0.05, 0.1) is 42.3 Å². The molecule has 0 aliphatic carbocycles. The first-order valence-corrected chi connectivity index (χ1v) is 15.2. The van der Waals surface area contributed by atoms with E-state index in [1.807, 2.05) is 0 Å². The third-order valence-electron chi connectivity index (χ3n) is 5.58. The fraction of sp³-hybridized carbons (Fsp3) is 0.739. The Labute approximate surface area is 237 Å². The molecule has 0 radical (unpaired) electrons. The van der Waals surface area contributed by atoms with Crippen LogP contribution in [-0.4, -0.2) is 74.4 Å². The van der Waals surface area contributed by atoms with E-state index in [0.717, 1.165) is 11.8 Å². The summed E-state index contributed by atoms with van der Waals surface area (Å²) < 4.78 is 37.1. The minimum atomic E-state index is -4.13. The molecule has 0 amide bonds. The molecule has 0 bridgehead atoms. The Morgan fingerprint density at radius 1 is 1.41 bits per heavy atom. The molecule has 1 saturated heterocycles. The summed E-state index contributed by atoms with van der Waals surface area (Å²) in [5, 5.41) is 11.7. The number of carbonyl (C=O) groups excluding carboxylic acids is 2. The van der Waals surface area contributed by atoms with E-state index in [1.54, 1.807) is 34.6 Å². The molecule has 1 aromatic rings. The van der Waals surface area contributed by atoms with Crippen LogP contribution >= 0.6 is 31.1 Å². The average Bonchev–Trinajstić information content (AvgIpc) is 3.14. The number of nitrogen functional groups attached to an aromatic ring is 1. The Kier molecular flexibility index (Phi) is 12.0. The number of aliphatic hydroxyl groups is 1. The number of alkyl halides is 1. The Bertz CT molecular complexity index is 1120. The zero-order chi connectivity index (χ0) is 29.6. The van der Waals surface area contributed by atoms with Crippen molar-refractivity contribution >= 4 is 48.0 Å². The van der Waals surface area contributed by atoms with E-state index >= 15 is 0 Å². The second-order valence-corrected chi connectivity index (χ2v) is 14.0. The van der Waals surface area contributed by atoms with Crippen molar-refractivity contribution < 1.29 is 37.8 Å². The highest BCUT2D eigenvalue weighted by Gasteiger charge is 2.46. The fourth-order valence-electron chi connectivity index (χ4n) is 3.45. The molecule has 1 aliphatic heterocycles. The number of ether oxygens (including phenoxy) is 2. The summed E-state index contributed by atoms with van der Waals surface area (Å²) in [6.07, 6.45) is -0.342. The smallest absolute Gasteiger partial charge is 0.406 e. The van der Waals surface area contributed by atoms with Gasteiger partial charge in [0.1, 0.15) is 11.9 Å². The Morgan fingerprint density at radius 3 is 2.67 bits per heavy atom. The third kappa shape index (κ3) is 9.82. The van der Waals surface area contributed by atoms with Crippen LogP contribution in [0.3, 0.4) is 0 Å². The fourth-order valence-corrected chi connectivity index (χ4v) is 6.20. The summed E-state index contributed by atoms with van der Waals surface area (Å²) in [4.78, 5) is 39.5. The van der Waals surface area contributed by atoms with Gasteiger partial charge in [0, 0.05) is 11.9 Å². The number of hydrogen-bond donors (Lipinski definition) is 3. The van der Waals surface area contributed by atoms with E-state index in [2.05, 4.69) is 10.1 Å². The van der Waals surface area contributed by atoms with Gasteiger partial charge >= 0.3 is 19.4 Å². The number of anilines is 1. The van der Waals surface area contributed by atoms with Gasteiger partial charge in [-0.1, -0.05) is 11.8 Å². The van der Waals surface area contributed by atoms with E-state index in [4.69, 9.17) is 35.9 Å². The maximum absolute atomic E-state index is 13.6. The highest BCUT2D eigenvalue weighted by atomic mass is 35.5. The van der Waals surface area contributed by atoms with Gasteiger partial charge in [-0.15, -0.1) is 11.6 Å². The van der Waals surface area contributed by atoms with Crippen LogP contribution in [0, 0.1) is 5.41 Å². The normalized spacial score (nSPS) is 23.9. The molecule has 5 atom stereocenters. The molecule has 0 spiro atoms. The largest absolute Gasteiger partial charge is 0.462 e. The van der Waals surface area contributed by atoms with Gasteiger partial charge < -0.3 is 20.3 Å². The van der Waals surface area contributed by atoms with Crippen molar-refractivity contribution in [3.05, 3.63) is 22.7 Å². The monoisotopic (exact) mass is 612 g/mol. The summed E-state index contributed by atoms with van der Waals surface area (Å²) >= 11 is 7.57. The molecule has 1 fully saturated rings. The highest BCUT2D eigenvalue weighted by molar-refractivity contribution is 8.13. The summed E-state index contributed by atoms with van der Waals surface area (Å²) in [6, 6.07) is 0.395. The number of aromatic nitrogens is 2. The molecule has 4 N–H and O–H groups in total. The van der Waals surface area contributed by atoms with Crippen LogP contribution in [0.15, 0.2) is 17.1 Å². The van der Waals surface area contributed by atoms with Crippen molar-refractivity contribution in [2.45, 2.75) is 77.3 Å². The maximum Gasteiger partial charge on any atom is 0.406 e. The average molecular weight is 613 g/mol. The second-order valence-electron chi connectivity index (χ2n) is 10.3. The summed E-state index contributed by atoms with van der Waals surface area (Å²) in [7, 11) is -4.13. The highest BCUT2D eigenvalue weighted by Crippen LogP contribution is 2.48. The Morgan fingerprint density at radius 2 is 2.08 bits per heavy atom. The van der Waals surface area contributed by atoms with E-state index in [-0.39, 0.29) is 42.9 Å². The lowest BCUT2D eigenvalue weighted by atomic mass is 9.97. The van der Waals surface area contributed by atoms with Crippen LogP contribution < -0.4 is 16.5 Å². The molecular weight excluding hydrogens is 575 g/mol. The van der Waals surface area contributed by atoms with Gasteiger partial charge in [0.2, 0.25) is 0 Å². The van der Waals surface area contributed by atoms with Gasteiger partial charge in [-0.3, -0.25) is 23.2 Å². The predicted octanol–water partition coefficient (Wildman–Crippen LogP) is 2.46. The number of hydrogen-bond acceptors (Lipinski definition) is 12. The lowest BCUT2D eigenvalue weighted by Crippen LogP contribution is -2.36. The molecule has 2 heterocycles. The third-order valence-corrected chi connectivity index (χ3v) is 8.82. The van der Waals surface area contributed by atoms with E-state index in [1.165, 1.54) is 23.8 Å². The van der Waals surface area contributed by atoms with E-state index < -0.39 is 54.2 Å². The molecule has 0 unspecified atom stereocenters. The topological polar surface area (TPSA) is 181 Å². The van der Waals surface area contributed by atoms with Crippen molar-refractivity contribution in [2.75, 3.05) is 31.3 Å². The lowest BCUT2D eigenvalue weighted by molar-refractivity contribution is -0.149. The van der Waals surface area contributed by atoms with Crippen LogP contribution in [0.4, 0.5) is 5.82 Å². The molecular formula is C23H38ClN4O9PS. The number of carbonyl (C=O) groups is 2. The van der Waals surface area contributed by atoms with Crippen molar-refractivity contribution in [1.29, 1.82) is 0 Å². The van der Waals surface area contributed by atoms with Crippen LogP contribution in [0.5, 0.6) is 0 Å². The zero-order valence-corrected chi connectivity index (χ0v) is 25.4. The molecule has 13 nitrogen and oxygen atoms in total. The van der Waals surface area contributed by atoms with Crippen molar-refractivity contribution in [3.8, 4) is 0 Å². The first kappa shape index (κ1) is 33.7. The van der Waals surface area contributed by atoms with Crippen molar-refractivity contribution in [3.63, 3.8) is 0 Å². The minimum absolute atomic E-state index is 0.0551. The number of thioether (sulfide) groups is 1. The maximum atomic E-state index is 13.6. The van der Waals surface area contributed by atoms with Gasteiger partial charge in [-0.25, -0.2) is 14.4 Å². The molecule has 1 aromatic heterocycles. The van der Waals surface area contributed by atoms with E-state index in [0.29, 0.717) is 0 Å². The van der Waals surface area contributed by atoms with Crippen molar-refractivity contribution in [2.24, 2.45) is 5.41 Å². The first-order chi connectivity index (χ1) is 18.0. The molecule has 222 valence electrons. The first-order valence-electron chi connectivity index (χ1n) is 12.3. The van der Waals surface area contributed by atoms with Crippen LogP contribution in [0.1, 0.15) is 54.2 Å². The number of nitrogens with two attached hydrogens (primary N) is 1. The van der Waals surface area contributed by atoms with Gasteiger partial charge in [-0.2, -0.15) is 4.98 Å². The SMILES string of the molecule is CC(C)OC(=O)[C@H](C)N[P@@](=O)(OCCSC(=O)C(C)(C)CO)OC[C@@H]1C[C@@](C)(Cl)[C@H](n2ccc(N)nc2=O)O1. The Hall–Kier alpha value is -1.51. The Balaban J connectivity index is 2.10. The van der Waals surface area contributed by atoms with Gasteiger partial charge in [0.25, 0.3) is 0 Å². The number of nitrogens with zero attached hydrogens (tertiary/aromatic N) is 2. The second kappa shape index (κ2) is 13.9. The summed E-state index contributed by atoms with van der Waals surface area (Å²) in [6.45, 7) is 8.96. The van der Waals surface area contributed by atoms with Crippen LogP contribution in [0.2, 0.25) is 0 Å². The quantitative estimate of drug-likeness (QED) is 0.121. The molecule has 39 heavy (non-hydrogen) atoms. The van der Waals surface area contributed by atoms with E-state index in [9.17, 15) is 24.1 Å². The number of aliphatic hydroxyl groups excluding tert-OH is 1. The summed E-state index contributed by atoms with van der Waals surface area (Å²) in [5.74, 6) is -0.483. The standard InChI is InChI=1S/C23H38ClN4O9PS/c1-14(2)36-18(30)15(3)27-38(33,34-9-10-39-20(31)22(4,5)13-29)35-12-16-11-23(6,24)19(37-16)28-8-7-17(25)26-21(28)32/h7-8,14-16,19,29H,9-13H2,1-6H3,(H,27,33)(H2,25,26,32)/t15-,16-,19+,23+,38+/m0/s1. The number of nitrogens with one attached hydrogen (secondary N) is 1. The number of esters is 1. The molecule has 16 heteroatoms. The lowest BCUT2D eigenvalue weighted by Gasteiger charge is -2.25. The predicted molar refractivity (Wildman–Crippen MR) is 147 cm³/mol. The number of rotatable bonds is 14. The van der Waals surface area contributed by atoms with Gasteiger partial charge in [-0.05, 0) is 54.0 Å².